The molecule has 45 heavy (non-hydrogen) atoms. The maximum atomic E-state index is 12.5. The van der Waals surface area contributed by atoms with Gasteiger partial charge in [0, 0.05) is 18.9 Å². The van der Waals surface area contributed by atoms with Gasteiger partial charge in [-0.2, -0.15) is 4.98 Å². The van der Waals surface area contributed by atoms with Crippen LogP contribution in [0.3, 0.4) is 0 Å². The third-order valence-corrected chi connectivity index (χ3v) is 8.71. The topological polar surface area (TPSA) is 168 Å². The fourth-order valence-corrected chi connectivity index (χ4v) is 5.44. The lowest BCUT2D eigenvalue weighted by atomic mass is 10.0. The molecular formula is C34H60N6O5. The minimum Gasteiger partial charge on any atom is -0.465 e. The molecule has 0 saturated carbocycles. The Hall–Kier alpha value is -2.95. The van der Waals surface area contributed by atoms with E-state index in [1.807, 2.05) is 13.8 Å². The number of unbranched alkanes of at least 4 members (excludes halogenated alkanes) is 14. The molecule has 11 nitrogen and oxygen atoms in total. The first-order valence-corrected chi connectivity index (χ1v) is 17.5. The summed E-state index contributed by atoms with van der Waals surface area (Å²) in [5.41, 5.74) is 11.9. The monoisotopic (exact) mass is 632 g/mol. The number of ether oxygens (including phenoxy) is 2. The largest absolute Gasteiger partial charge is 0.465 e. The molecule has 5 N–H and O–H groups in total. The van der Waals surface area contributed by atoms with Gasteiger partial charge < -0.3 is 25.5 Å². The van der Waals surface area contributed by atoms with E-state index < -0.39 is 17.6 Å². The van der Waals surface area contributed by atoms with Gasteiger partial charge in [0.05, 0.1) is 19.5 Å². The summed E-state index contributed by atoms with van der Waals surface area (Å²) >= 11 is 0. The second kappa shape index (κ2) is 22.5. The van der Waals surface area contributed by atoms with Crippen molar-refractivity contribution in [2.45, 2.75) is 149 Å². The van der Waals surface area contributed by atoms with E-state index in [9.17, 15) is 14.4 Å². The number of aromatic amines is 1. The van der Waals surface area contributed by atoms with Gasteiger partial charge in [-0.15, -0.1) is 0 Å². The van der Waals surface area contributed by atoms with Crippen molar-refractivity contribution < 1.29 is 19.1 Å². The Bertz CT molecular complexity index is 1170. The zero-order valence-corrected chi connectivity index (χ0v) is 28.2. The molecule has 2 rings (SSSR count). The van der Waals surface area contributed by atoms with Crippen molar-refractivity contribution in [2.75, 3.05) is 18.9 Å². The van der Waals surface area contributed by atoms with Crippen LogP contribution in [0.4, 0.5) is 5.95 Å². The molecule has 0 bridgehead atoms. The van der Waals surface area contributed by atoms with E-state index in [0.29, 0.717) is 25.0 Å². The lowest BCUT2D eigenvalue weighted by Crippen LogP contribution is -2.38. The van der Waals surface area contributed by atoms with Gasteiger partial charge in [-0.3, -0.25) is 19.4 Å². The van der Waals surface area contributed by atoms with E-state index >= 15 is 0 Å². The van der Waals surface area contributed by atoms with Crippen LogP contribution in [0.15, 0.2) is 11.1 Å². The zero-order chi connectivity index (χ0) is 32.9. The summed E-state index contributed by atoms with van der Waals surface area (Å²) in [6.45, 7) is 6.78. The Morgan fingerprint density at radius 2 is 1.49 bits per heavy atom. The number of esters is 2. The number of hydrogen-bond donors (Lipinski definition) is 3. The van der Waals surface area contributed by atoms with Crippen molar-refractivity contribution in [1.82, 2.24) is 19.5 Å². The van der Waals surface area contributed by atoms with Crippen LogP contribution in [0.5, 0.6) is 0 Å². The summed E-state index contributed by atoms with van der Waals surface area (Å²) in [6, 6.07) is -0.683. The average Bonchev–Trinajstić information content (AvgIpc) is 3.43. The number of imidazole rings is 1. The molecule has 3 atom stereocenters. The second-order valence-electron chi connectivity index (χ2n) is 12.6. The Morgan fingerprint density at radius 3 is 2.07 bits per heavy atom. The van der Waals surface area contributed by atoms with Crippen molar-refractivity contribution in [3.05, 3.63) is 16.7 Å². The number of nitrogens with zero attached hydrogens (tertiary/aromatic N) is 3. The zero-order valence-electron chi connectivity index (χ0n) is 28.2. The fourth-order valence-electron chi connectivity index (χ4n) is 5.44. The summed E-state index contributed by atoms with van der Waals surface area (Å²) in [7, 11) is 0. The summed E-state index contributed by atoms with van der Waals surface area (Å²) < 4.78 is 12.8. The standard InChI is InChI=1S/C34H60N6O5/c1-4-6-7-8-9-10-11-12-13-14-15-16-17-18-19-20-28(41)45-24-27(21-22-44-33(43)29(35)26(3)5-2)23-40-25-37-30-31(40)38-34(36)39-32(30)42/h25-27,29H,4-24,35H2,1-3H3,(H3,36,38,39,42)/t26-,27?,29-/m0/s1. The number of H-pyrrole nitrogens is 1. The highest BCUT2D eigenvalue weighted by Crippen LogP contribution is 2.17. The SMILES string of the molecule is CCCCCCCCCCCCCCCCCC(=O)OCC(CCOC(=O)[C@@H](N)[C@@H](C)CC)Cn1cnc2c(=O)[nH]c(N)nc21. The number of carbonyl (C=O) groups is 2. The molecule has 0 fully saturated rings. The maximum absolute atomic E-state index is 12.5. The van der Waals surface area contributed by atoms with Gasteiger partial charge in [0.25, 0.3) is 5.56 Å². The number of nitrogens with one attached hydrogen (secondary N) is 1. The van der Waals surface area contributed by atoms with Crippen LogP contribution in [-0.4, -0.2) is 50.7 Å². The summed E-state index contributed by atoms with van der Waals surface area (Å²) in [5.74, 6) is -0.876. The van der Waals surface area contributed by atoms with Gasteiger partial charge in [-0.05, 0) is 18.8 Å². The van der Waals surface area contributed by atoms with Crippen molar-refractivity contribution in [2.24, 2.45) is 17.6 Å². The van der Waals surface area contributed by atoms with Crippen LogP contribution in [0.2, 0.25) is 0 Å². The maximum Gasteiger partial charge on any atom is 0.323 e. The first kappa shape index (κ1) is 38.2. The van der Waals surface area contributed by atoms with E-state index in [4.69, 9.17) is 20.9 Å². The van der Waals surface area contributed by atoms with Gasteiger partial charge in [0.15, 0.2) is 11.2 Å². The van der Waals surface area contributed by atoms with Crippen LogP contribution in [0.1, 0.15) is 136 Å². The molecule has 2 aromatic heterocycles. The highest BCUT2D eigenvalue weighted by Gasteiger charge is 2.22. The molecule has 2 heterocycles. The first-order valence-electron chi connectivity index (χ1n) is 17.5. The minimum atomic E-state index is -0.683. The Morgan fingerprint density at radius 1 is 0.911 bits per heavy atom. The van der Waals surface area contributed by atoms with Crippen molar-refractivity contribution in [1.29, 1.82) is 0 Å². The smallest absolute Gasteiger partial charge is 0.323 e. The van der Waals surface area contributed by atoms with E-state index in [-0.39, 0.29) is 42.5 Å². The van der Waals surface area contributed by atoms with E-state index in [2.05, 4.69) is 21.9 Å². The molecule has 11 heteroatoms. The molecule has 0 aromatic carbocycles. The van der Waals surface area contributed by atoms with Gasteiger partial charge in [-0.25, -0.2) is 4.98 Å². The number of anilines is 1. The van der Waals surface area contributed by atoms with Gasteiger partial charge in [-0.1, -0.05) is 117 Å². The summed E-state index contributed by atoms with van der Waals surface area (Å²) in [6.07, 6.45) is 22.2. The number of fused-ring (bicyclic) bond motifs is 1. The third-order valence-electron chi connectivity index (χ3n) is 8.71. The second-order valence-corrected chi connectivity index (χ2v) is 12.6. The average molecular weight is 633 g/mol. The number of hydrogen-bond acceptors (Lipinski definition) is 9. The van der Waals surface area contributed by atoms with Crippen LogP contribution >= 0.6 is 0 Å². The summed E-state index contributed by atoms with van der Waals surface area (Å²) in [4.78, 5) is 47.9. The van der Waals surface area contributed by atoms with Crippen molar-refractivity contribution in [3.8, 4) is 0 Å². The molecule has 0 radical (unpaired) electrons. The number of nitrogen functional groups attached to an aromatic ring is 1. The quantitative estimate of drug-likeness (QED) is 0.0781. The third kappa shape index (κ3) is 15.3. The lowest BCUT2D eigenvalue weighted by Gasteiger charge is -2.20. The lowest BCUT2D eigenvalue weighted by molar-refractivity contribution is -0.149. The fraction of sp³-hybridized carbons (Fsp3) is 0.794. The van der Waals surface area contributed by atoms with Gasteiger partial charge in [0.1, 0.15) is 6.04 Å². The molecule has 0 aliphatic heterocycles. The van der Waals surface area contributed by atoms with Crippen LogP contribution in [-0.2, 0) is 25.6 Å². The number of nitrogens with two attached hydrogens (primary N) is 2. The highest BCUT2D eigenvalue weighted by molar-refractivity contribution is 5.75. The molecule has 256 valence electrons. The summed E-state index contributed by atoms with van der Waals surface area (Å²) in [5, 5.41) is 0. The molecule has 0 amide bonds. The molecular weight excluding hydrogens is 572 g/mol. The molecule has 2 aromatic rings. The van der Waals surface area contributed by atoms with Crippen molar-refractivity contribution >= 4 is 29.1 Å². The number of rotatable bonds is 26. The number of carbonyl (C=O) groups excluding carboxylic acids is 2. The van der Waals surface area contributed by atoms with Crippen LogP contribution < -0.4 is 17.0 Å². The molecule has 0 saturated heterocycles. The molecule has 0 aliphatic rings. The Labute approximate surface area is 269 Å². The van der Waals surface area contributed by atoms with Gasteiger partial charge >= 0.3 is 11.9 Å². The minimum absolute atomic E-state index is 0.00585. The number of aromatic nitrogens is 4. The van der Waals surface area contributed by atoms with Crippen LogP contribution in [0.25, 0.3) is 11.2 Å². The Kier molecular flexibility index (Phi) is 19.1. The van der Waals surface area contributed by atoms with Crippen LogP contribution in [0, 0.1) is 11.8 Å². The van der Waals surface area contributed by atoms with E-state index in [0.717, 1.165) is 25.7 Å². The molecule has 1 unspecified atom stereocenters. The van der Waals surface area contributed by atoms with Crippen molar-refractivity contribution in [3.63, 3.8) is 0 Å². The predicted octanol–water partition coefficient (Wildman–Crippen LogP) is 6.43. The molecule has 0 aliphatic carbocycles. The molecule has 0 spiro atoms. The first-order chi connectivity index (χ1) is 21.8. The van der Waals surface area contributed by atoms with E-state index in [1.54, 1.807) is 4.57 Å². The normalized spacial score (nSPS) is 13.5. The highest BCUT2D eigenvalue weighted by atomic mass is 16.5. The van der Waals surface area contributed by atoms with E-state index in [1.165, 1.54) is 83.4 Å². The van der Waals surface area contributed by atoms with Gasteiger partial charge in [0.2, 0.25) is 5.95 Å². The predicted molar refractivity (Wildman–Crippen MR) is 180 cm³/mol. The Balaban J connectivity index is 1.70.